The lowest BCUT2D eigenvalue weighted by Crippen LogP contribution is -2.43. The number of hydrogen-bond acceptors (Lipinski definition) is 7. The number of ether oxygens (including phenoxy) is 1. The van der Waals surface area contributed by atoms with E-state index in [9.17, 15) is 4.79 Å². The van der Waals surface area contributed by atoms with Gasteiger partial charge in [0.1, 0.15) is 5.76 Å². The van der Waals surface area contributed by atoms with Crippen LogP contribution in [-0.2, 0) is 17.9 Å². The van der Waals surface area contributed by atoms with Crippen LogP contribution in [0.3, 0.4) is 0 Å². The molecule has 3 heterocycles. The predicted molar refractivity (Wildman–Crippen MR) is 105 cm³/mol. The second kappa shape index (κ2) is 9.27. The summed E-state index contributed by atoms with van der Waals surface area (Å²) in [5.74, 6) is 0.721. The van der Waals surface area contributed by atoms with Gasteiger partial charge in [0.05, 0.1) is 17.9 Å². The Labute approximate surface area is 165 Å². The highest BCUT2D eigenvalue weighted by Crippen LogP contribution is 2.21. The zero-order chi connectivity index (χ0) is 20.1. The molecule has 1 fully saturated rings. The average molecular weight is 387 g/mol. The molecule has 2 aromatic rings. The summed E-state index contributed by atoms with van der Waals surface area (Å²) in [6.45, 7) is 5.44. The van der Waals surface area contributed by atoms with Gasteiger partial charge in [-0.15, -0.1) is 0 Å². The van der Waals surface area contributed by atoms with Crippen molar-refractivity contribution in [2.24, 2.45) is 5.92 Å². The molecular weight excluding hydrogens is 358 g/mol. The summed E-state index contributed by atoms with van der Waals surface area (Å²) in [6, 6.07) is 5.98. The number of nitrogens with one attached hydrogen (secondary N) is 1. The number of likely N-dealkylation sites (tertiary alicyclic amines) is 1. The van der Waals surface area contributed by atoms with E-state index in [2.05, 4.69) is 39.4 Å². The number of carbonyl (C=O) groups is 1. The molecule has 0 unspecified atom stereocenters. The Morgan fingerprint density at radius 3 is 2.89 bits per heavy atom. The zero-order valence-corrected chi connectivity index (χ0v) is 17.0. The van der Waals surface area contributed by atoms with Gasteiger partial charge in [0.25, 0.3) is 5.91 Å². The number of hydrogen-bond donors (Lipinski definition) is 1. The molecule has 0 aliphatic carbocycles. The zero-order valence-electron chi connectivity index (χ0n) is 17.0. The van der Waals surface area contributed by atoms with Crippen molar-refractivity contribution in [3.8, 4) is 0 Å². The molecule has 0 saturated carbocycles. The van der Waals surface area contributed by atoms with Crippen molar-refractivity contribution in [3.63, 3.8) is 0 Å². The summed E-state index contributed by atoms with van der Waals surface area (Å²) < 4.78 is 10.4. The van der Waals surface area contributed by atoms with Gasteiger partial charge >= 0.3 is 0 Å². The van der Waals surface area contributed by atoms with Crippen molar-refractivity contribution >= 4 is 5.91 Å². The third-order valence-electron chi connectivity index (χ3n) is 5.03. The van der Waals surface area contributed by atoms with Crippen LogP contribution in [0.4, 0.5) is 0 Å². The molecule has 28 heavy (non-hydrogen) atoms. The highest BCUT2D eigenvalue weighted by Gasteiger charge is 2.35. The first-order chi connectivity index (χ1) is 13.5. The fraction of sp³-hybridized carbons (Fsp3) is 0.550. The number of methoxy groups -OCH3 is 1. The van der Waals surface area contributed by atoms with E-state index in [1.807, 2.05) is 24.4 Å². The Hall–Kier alpha value is -2.29. The van der Waals surface area contributed by atoms with Crippen molar-refractivity contribution in [1.82, 2.24) is 25.3 Å². The summed E-state index contributed by atoms with van der Waals surface area (Å²) in [7, 11) is 5.70. The van der Waals surface area contributed by atoms with Gasteiger partial charge in [-0.1, -0.05) is 11.2 Å². The fourth-order valence-corrected chi connectivity index (χ4v) is 3.75. The lowest BCUT2D eigenvalue weighted by Gasteiger charge is -2.22. The van der Waals surface area contributed by atoms with Crippen LogP contribution in [0.2, 0.25) is 0 Å². The van der Waals surface area contributed by atoms with Crippen molar-refractivity contribution < 1.29 is 14.1 Å². The Bertz CT molecular complexity index is 777. The van der Waals surface area contributed by atoms with Crippen LogP contribution in [0.25, 0.3) is 0 Å². The first-order valence-corrected chi connectivity index (χ1v) is 9.50. The van der Waals surface area contributed by atoms with E-state index in [-0.39, 0.29) is 11.9 Å². The normalized spacial score (nSPS) is 20.0. The number of nitrogens with zero attached hydrogens (tertiary/aromatic N) is 4. The first kappa shape index (κ1) is 20.4. The summed E-state index contributed by atoms with van der Waals surface area (Å²) >= 11 is 0. The number of pyridine rings is 1. The third kappa shape index (κ3) is 4.95. The first-order valence-electron chi connectivity index (χ1n) is 9.50. The second-order valence-electron chi connectivity index (χ2n) is 7.62. The lowest BCUT2D eigenvalue weighted by molar-refractivity contribution is 0.0913. The van der Waals surface area contributed by atoms with Crippen molar-refractivity contribution in [3.05, 3.63) is 47.1 Å². The molecule has 1 amide bonds. The van der Waals surface area contributed by atoms with E-state index in [0.29, 0.717) is 29.5 Å². The lowest BCUT2D eigenvalue weighted by atomic mass is 10.0. The monoisotopic (exact) mass is 387 g/mol. The smallest absolute Gasteiger partial charge is 0.274 e. The molecule has 0 radical (unpaired) electrons. The molecule has 1 N–H and O–H groups in total. The van der Waals surface area contributed by atoms with E-state index < -0.39 is 0 Å². The van der Waals surface area contributed by atoms with Crippen LogP contribution in [0.5, 0.6) is 0 Å². The third-order valence-corrected chi connectivity index (χ3v) is 5.03. The van der Waals surface area contributed by atoms with Crippen LogP contribution < -0.4 is 5.32 Å². The van der Waals surface area contributed by atoms with Gasteiger partial charge in [-0.2, -0.15) is 0 Å². The molecular formula is C20H29N5O3. The highest BCUT2D eigenvalue weighted by molar-refractivity contribution is 5.94. The Kier molecular flexibility index (Phi) is 6.77. The van der Waals surface area contributed by atoms with E-state index >= 15 is 0 Å². The van der Waals surface area contributed by atoms with Crippen LogP contribution in [0.1, 0.15) is 27.5 Å². The maximum absolute atomic E-state index is 12.9. The summed E-state index contributed by atoms with van der Waals surface area (Å²) in [4.78, 5) is 21.8. The second-order valence-corrected chi connectivity index (χ2v) is 7.62. The van der Waals surface area contributed by atoms with Gasteiger partial charge in [0, 0.05) is 51.4 Å². The number of amides is 1. The van der Waals surface area contributed by atoms with Gasteiger partial charge in [0.2, 0.25) is 0 Å². The van der Waals surface area contributed by atoms with Crippen LogP contribution in [-0.4, -0.2) is 72.7 Å². The number of carbonyl (C=O) groups excluding carboxylic acids is 1. The van der Waals surface area contributed by atoms with Crippen molar-refractivity contribution in [2.75, 3.05) is 40.8 Å². The molecule has 3 rings (SSSR count). The summed E-state index contributed by atoms with van der Waals surface area (Å²) in [6.07, 6.45) is 1.81. The summed E-state index contributed by atoms with van der Waals surface area (Å²) in [5.41, 5.74) is 2.05. The minimum absolute atomic E-state index is 0.0333. The molecule has 1 saturated heterocycles. The number of aromatic nitrogens is 2. The maximum Gasteiger partial charge on any atom is 0.274 e. The standard InChI is InChI=1S/C20H29N5O3/c1-14-17(13-27-4)19(23-28-14)20(26)22-18-12-25(10-15(18)9-24(2)3)11-16-7-5-6-8-21-16/h5-8,15,18H,9-13H2,1-4H3,(H,22,26)/t15-,18-/m1/s1. The highest BCUT2D eigenvalue weighted by atomic mass is 16.5. The van der Waals surface area contributed by atoms with Crippen molar-refractivity contribution in [2.45, 2.75) is 26.1 Å². The molecule has 2 aromatic heterocycles. The van der Waals surface area contributed by atoms with Crippen LogP contribution in [0, 0.1) is 12.8 Å². The minimum Gasteiger partial charge on any atom is -0.380 e. The van der Waals surface area contributed by atoms with Crippen LogP contribution in [0.15, 0.2) is 28.9 Å². The quantitative estimate of drug-likeness (QED) is 0.731. The van der Waals surface area contributed by atoms with Gasteiger partial charge in [-0.25, -0.2) is 0 Å². The molecule has 2 atom stereocenters. The molecule has 1 aliphatic heterocycles. The van der Waals surface area contributed by atoms with Gasteiger partial charge in [0.15, 0.2) is 5.69 Å². The average Bonchev–Trinajstić information content (AvgIpc) is 3.19. The van der Waals surface area contributed by atoms with Gasteiger partial charge in [-0.3, -0.25) is 14.7 Å². The molecule has 0 bridgehead atoms. The molecule has 152 valence electrons. The van der Waals surface area contributed by atoms with E-state index in [1.54, 1.807) is 14.0 Å². The predicted octanol–water partition coefficient (Wildman–Crippen LogP) is 1.32. The van der Waals surface area contributed by atoms with E-state index in [4.69, 9.17) is 9.26 Å². The minimum atomic E-state index is -0.211. The Balaban J connectivity index is 1.70. The topological polar surface area (TPSA) is 83.7 Å². The largest absolute Gasteiger partial charge is 0.380 e. The fourth-order valence-electron chi connectivity index (χ4n) is 3.75. The Morgan fingerprint density at radius 2 is 2.21 bits per heavy atom. The van der Waals surface area contributed by atoms with Crippen molar-refractivity contribution in [1.29, 1.82) is 0 Å². The maximum atomic E-state index is 12.9. The molecule has 8 heteroatoms. The Morgan fingerprint density at radius 1 is 1.39 bits per heavy atom. The molecule has 0 aromatic carbocycles. The number of aryl methyl sites for hydroxylation is 1. The number of rotatable bonds is 8. The summed E-state index contributed by atoms with van der Waals surface area (Å²) in [5, 5.41) is 7.12. The molecule has 8 nitrogen and oxygen atoms in total. The van der Waals surface area contributed by atoms with E-state index in [1.165, 1.54) is 0 Å². The van der Waals surface area contributed by atoms with E-state index in [0.717, 1.165) is 31.9 Å². The van der Waals surface area contributed by atoms with Crippen LogP contribution >= 0.6 is 0 Å². The SMILES string of the molecule is COCc1c(C(=O)N[C@@H]2CN(Cc3ccccn3)C[C@H]2CN(C)C)noc1C. The van der Waals surface area contributed by atoms with Gasteiger partial charge in [-0.05, 0) is 33.2 Å². The molecule has 1 aliphatic rings. The molecule has 0 spiro atoms. The van der Waals surface area contributed by atoms with Gasteiger partial charge < -0.3 is 19.5 Å².